The molecule has 5 heteroatoms. The molecule has 5 nitrogen and oxygen atoms in total. The van der Waals surface area contributed by atoms with Crippen LogP contribution >= 0.6 is 0 Å². The summed E-state index contributed by atoms with van der Waals surface area (Å²) in [7, 11) is 0. The van der Waals surface area contributed by atoms with E-state index in [2.05, 4.69) is 0 Å². The highest BCUT2D eigenvalue weighted by Gasteiger charge is 2.33. The second-order valence-electron chi connectivity index (χ2n) is 2.90. The molecule has 0 atom stereocenters. The summed E-state index contributed by atoms with van der Waals surface area (Å²) in [5.41, 5.74) is -1.34. The molecule has 0 unspecified atom stereocenters. The van der Waals surface area contributed by atoms with Crippen molar-refractivity contribution in [3.8, 4) is 6.07 Å². The first-order chi connectivity index (χ1) is 5.42. The van der Waals surface area contributed by atoms with Gasteiger partial charge in [0.15, 0.2) is 0 Å². The molecular weight excluding hydrogens is 160 g/mol. The van der Waals surface area contributed by atoms with Crippen molar-refractivity contribution in [2.24, 2.45) is 0 Å². The highest BCUT2D eigenvalue weighted by molar-refractivity contribution is 5.77. The Morgan fingerprint density at radius 2 is 2.17 bits per heavy atom. The van der Waals surface area contributed by atoms with Crippen LogP contribution in [0.25, 0.3) is 0 Å². The lowest BCUT2D eigenvalue weighted by molar-refractivity contribution is -0.189. The van der Waals surface area contributed by atoms with Crippen LogP contribution in [0, 0.1) is 11.3 Å². The zero-order valence-corrected chi connectivity index (χ0v) is 7.11. The molecule has 0 aromatic carbocycles. The highest BCUT2D eigenvalue weighted by Crippen LogP contribution is 2.11. The molecule has 0 rings (SSSR count). The van der Waals surface area contributed by atoms with Crippen molar-refractivity contribution < 1.29 is 15.1 Å². The number of carbonyl (C=O) groups is 1. The molecule has 0 saturated carbocycles. The third kappa shape index (κ3) is 2.49. The molecular formula is C7H12N2O3. The van der Waals surface area contributed by atoms with Gasteiger partial charge in [-0.25, -0.2) is 0 Å². The maximum atomic E-state index is 10.5. The fourth-order valence-electron chi connectivity index (χ4n) is 0.546. The largest absolute Gasteiger partial charge is 0.480 e. The normalized spacial score (nSPS) is 11.2. The van der Waals surface area contributed by atoms with Gasteiger partial charge in [0.05, 0.1) is 12.5 Å². The summed E-state index contributed by atoms with van der Waals surface area (Å²) in [6.07, 6.45) is 0.104. The number of carboxylic acids is 1. The van der Waals surface area contributed by atoms with Crippen molar-refractivity contribution in [3.63, 3.8) is 0 Å². The van der Waals surface area contributed by atoms with E-state index in [9.17, 15) is 10.0 Å². The van der Waals surface area contributed by atoms with Crippen LogP contribution in [0.15, 0.2) is 0 Å². The smallest absolute Gasteiger partial charge is 0.325 e. The second kappa shape index (κ2) is 4.04. The first-order valence-electron chi connectivity index (χ1n) is 3.49. The number of nitriles is 1. The summed E-state index contributed by atoms with van der Waals surface area (Å²) in [4.78, 5) is 10.5. The van der Waals surface area contributed by atoms with Crippen LogP contribution in [0.1, 0.15) is 20.3 Å². The molecule has 0 bridgehead atoms. The standard InChI is InChI=1S/C7H12N2O3/c1-7(2,6(10)11)9(12)5-3-4-8/h12H,3,5H2,1-2H3,(H,10,11). The molecule has 0 aliphatic heterocycles. The Labute approximate surface area is 70.8 Å². The SMILES string of the molecule is CC(C)(C(=O)O)N(O)CCC#N. The Balaban J connectivity index is 4.17. The van der Waals surface area contributed by atoms with Gasteiger partial charge >= 0.3 is 5.97 Å². The van der Waals surface area contributed by atoms with E-state index >= 15 is 0 Å². The van der Waals surface area contributed by atoms with E-state index in [1.54, 1.807) is 0 Å². The molecule has 0 fully saturated rings. The van der Waals surface area contributed by atoms with E-state index in [1.807, 2.05) is 6.07 Å². The van der Waals surface area contributed by atoms with Crippen LogP contribution in [-0.4, -0.2) is 33.4 Å². The lowest BCUT2D eigenvalue weighted by Gasteiger charge is -2.28. The van der Waals surface area contributed by atoms with Crippen molar-refractivity contribution in [1.29, 1.82) is 5.26 Å². The Kier molecular flexibility index (Phi) is 3.67. The van der Waals surface area contributed by atoms with Gasteiger partial charge in [-0.3, -0.25) is 4.79 Å². The molecule has 0 aromatic rings. The van der Waals surface area contributed by atoms with Crippen LogP contribution < -0.4 is 0 Å². The number of hydroxylamine groups is 2. The minimum absolute atomic E-state index is 0.0375. The van der Waals surface area contributed by atoms with Crippen LogP contribution in [0.3, 0.4) is 0 Å². The highest BCUT2D eigenvalue weighted by atomic mass is 16.5. The second-order valence-corrected chi connectivity index (χ2v) is 2.90. The maximum absolute atomic E-state index is 10.5. The van der Waals surface area contributed by atoms with Crippen LogP contribution in [0.2, 0.25) is 0 Å². The summed E-state index contributed by atoms with van der Waals surface area (Å²) >= 11 is 0. The van der Waals surface area contributed by atoms with Crippen molar-refractivity contribution >= 4 is 5.97 Å². The Morgan fingerprint density at radius 1 is 1.67 bits per heavy atom. The van der Waals surface area contributed by atoms with E-state index in [0.29, 0.717) is 5.06 Å². The molecule has 0 heterocycles. The predicted molar refractivity (Wildman–Crippen MR) is 40.4 cm³/mol. The van der Waals surface area contributed by atoms with Crippen LogP contribution in [0.4, 0.5) is 0 Å². The molecule has 0 aliphatic carbocycles. The minimum Gasteiger partial charge on any atom is -0.480 e. The summed E-state index contributed by atoms with van der Waals surface area (Å²) < 4.78 is 0. The Morgan fingerprint density at radius 3 is 2.50 bits per heavy atom. The molecule has 0 aliphatic rings. The van der Waals surface area contributed by atoms with Gasteiger partial charge in [0.25, 0.3) is 0 Å². The minimum atomic E-state index is -1.34. The van der Waals surface area contributed by atoms with Gasteiger partial charge in [-0.1, -0.05) is 0 Å². The number of hydrogen-bond donors (Lipinski definition) is 2. The Bertz CT molecular complexity index is 207. The molecule has 0 radical (unpaired) electrons. The summed E-state index contributed by atoms with van der Waals surface area (Å²) in [6, 6.07) is 1.82. The average Bonchev–Trinajstić information content (AvgIpc) is 1.99. The van der Waals surface area contributed by atoms with Crippen molar-refractivity contribution in [2.45, 2.75) is 25.8 Å². The number of aliphatic carboxylic acids is 1. The molecule has 12 heavy (non-hydrogen) atoms. The predicted octanol–water partition coefficient (Wildman–Crippen LogP) is 0.454. The van der Waals surface area contributed by atoms with Gasteiger partial charge in [-0.2, -0.15) is 10.3 Å². The quantitative estimate of drug-likeness (QED) is 0.601. The fourth-order valence-corrected chi connectivity index (χ4v) is 0.546. The monoisotopic (exact) mass is 172 g/mol. The zero-order chi connectivity index (χ0) is 9.78. The van der Waals surface area contributed by atoms with Crippen molar-refractivity contribution in [3.05, 3.63) is 0 Å². The first-order valence-corrected chi connectivity index (χ1v) is 3.49. The fraction of sp³-hybridized carbons (Fsp3) is 0.714. The number of hydrogen-bond acceptors (Lipinski definition) is 4. The van der Waals surface area contributed by atoms with Crippen LogP contribution in [0.5, 0.6) is 0 Å². The molecule has 2 N–H and O–H groups in total. The molecule has 68 valence electrons. The van der Waals surface area contributed by atoms with E-state index < -0.39 is 11.5 Å². The molecule has 0 amide bonds. The first kappa shape index (κ1) is 10.9. The lowest BCUT2D eigenvalue weighted by Crippen LogP contribution is -2.48. The van der Waals surface area contributed by atoms with Gasteiger partial charge < -0.3 is 10.3 Å². The maximum Gasteiger partial charge on any atom is 0.325 e. The third-order valence-electron chi connectivity index (χ3n) is 1.60. The summed E-state index contributed by atoms with van der Waals surface area (Å²) in [5.74, 6) is -1.12. The third-order valence-corrected chi connectivity index (χ3v) is 1.60. The topological polar surface area (TPSA) is 84.6 Å². The van der Waals surface area contributed by atoms with E-state index in [4.69, 9.17) is 10.4 Å². The summed E-state index contributed by atoms with van der Waals surface area (Å²) in [6.45, 7) is 2.77. The zero-order valence-electron chi connectivity index (χ0n) is 7.11. The van der Waals surface area contributed by atoms with E-state index in [-0.39, 0.29) is 13.0 Å². The molecule has 0 aromatic heterocycles. The van der Waals surface area contributed by atoms with Crippen molar-refractivity contribution in [1.82, 2.24) is 5.06 Å². The molecule has 0 spiro atoms. The number of rotatable bonds is 4. The van der Waals surface area contributed by atoms with Gasteiger partial charge in [0, 0.05) is 6.54 Å². The molecule has 0 saturated heterocycles. The van der Waals surface area contributed by atoms with Gasteiger partial charge in [0.1, 0.15) is 5.54 Å². The van der Waals surface area contributed by atoms with E-state index in [0.717, 1.165) is 0 Å². The average molecular weight is 172 g/mol. The summed E-state index contributed by atoms with van der Waals surface area (Å²) in [5, 5.41) is 26.6. The van der Waals surface area contributed by atoms with Gasteiger partial charge in [0.2, 0.25) is 0 Å². The van der Waals surface area contributed by atoms with E-state index in [1.165, 1.54) is 13.8 Å². The number of nitrogens with zero attached hydrogens (tertiary/aromatic N) is 2. The lowest BCUT2D eigenvalue weighted by atomic mass is 10.1. The van der Waals surface area contributed by atoms with Gasteiger partial charge in [-0.05, 0) is 13.8 Å². The Hall–Kier alpha value is -1.12. The van der Waals surface area contributed by atoms with Gasteiger partial charge in [-0.15, -0.1) is 0 Å². The van der Waals surface area contributed by atoms with Crippen molar-refractivity contribution in [2.75, 3.05) is 6.54 Å². The van der Waals surface area contributed by atoms with Crippen LogP contribution in [-0.2, 0) is 4.79 Å². The number of carboxylic acid groups (broad SMARTS) is 1.